The van der Waals surface area contributed by atoms with Gasteiger partial charge in [-0.25, -0.2) is 5.43 Å². The zero-order chi connectivity index (χ0) is 11.0. The van der Waals surface area contributed by atoms with Gasteiger partial charge in [0.1, 0.15) is 0 Å². The second-order valence-electron chi connectivity index (χ2n) is 2.58. The van der Waals surface area contributed by atoms with Crippen LogP contribution in [0.1, 0.15) is 13.8 Å². The minimum Gasteiger partial charge on any atom is -0.490 e. The molecule has 76 valence electrons. The van der Waals surface area contributed by atoms with Gasteiger partial charge in [-0.2, -0.15) is 5.10 Å². The molecule has 0 aliphatic rings. The number of hydrogen-bond acceptors (Lipinski definition) is 5. The van der Waals surface area contributed by atoms with Gasteiger partial charge in [0.25, 0.3) is 11.8 Å². The lowest BCUT2D eigenvalue weighted by Gasteiger charge is -2.00. The average molecular weight is 198 g/mol. The number of hydrazone groups is 1. The fourth-order valence-electron chi connectivity index (χ4n) is 0.485. The lowest BCUT2D eigenvalue weighted by atomic mass is 10.5. The summed E-state index contributed by atoms with van der Waals surface area (Å²) in [5, 5.41) is 22.8. The van der Waals surface area contributed by atoms with Crippen LogP contribution in [0, 0.1) is 5.39 Å². The molecule has 0 aliphatic heterocycles. The van der Waals surface area contributed by atoms with Crippen molar-refractivity contribution >= 4 is 11.6 Å². The second-order valence-corrected chi connectivity index (χ2v) is 2.58. The molecule has 0 spiro atoms. The Morgan fingerprint density at radius 2 is 2.29 bits per heavy atom. The van der Waals surface area contributed by atoms with E-state index in [-0.39, 0.29) is 6.54 Å². The third-order valence-electron chi connectivity index (χ3n) is 1.01. The van der Waals surface area contributed by atoms with Crippen LogP contribution in [-0.4, -0.2) is 23.3 Å². The van der Waals surface area contributed by atoms with E-state index in [4.69, 9.17) is 10.5 Å². The number of hydrogen-bond donors (Lipinski definition) is 3. The number of nitrogens with zero attached hydrogens (tertiary/aromatic N) is 3. The SMILES string of the molecule is CC(C)=NNC(=O)CNC(O)=C[N+]#N. The summed E-state index contributed by atoms with van der Waals surface area (Å²) < 4.78 is 0. The van der Waals surface area contributed by atoms with Gasteiger partial charge in [-0.15, -0.1) is 0 Å². The van der Waals surface area contributed by atoms with Gasteiger partial charge in [-0.1, -0.05) is 0 Å². The molecule has 0 bridgehead atoms. The molecule has 3 N–H and O–H groups in total. The average Bonchev–Trinajstić information content (AvgIpc) is 2.12. The molecule has 0 fully saturated rings. The van der Waals surface area contributed by atoms with Gasteiger partial charge in [-0.05, 0) is 13.8 Å². The van der Waals surface area contributed by atoms with E-state index in [1.165, 1.54) is 0 Å². The number of aliphatic hydroxyl groups excluding tert-OH is 1. The second kappa shape index (κ2) is 6.42. The van der Waals surface area contributed by atoms with Crippen LogP contribution >= 0.6 is 0 Å². The van der Waals surface area contributed by atoms with Crippen molar-refractivity contribution in [1.82, 2.24) is 10.7 Å². The standard InChI is InChI=1S/C7H11N5O2/c1-5(2)11-12-7(14)3-9-6(13)4-10-8/h4,9H,3H2,1-2H3,(H-,12,13,14)/p+1. The van der Waals surface area contributed by atoms with Crippen molar-refractivity contribution in [2.75, 3.05) is 6.54 Å². The molecule has 0 aromatic rings. The fraction of sp³-hybridized carbons (Fsp3) is 0.429. The number of diazo groups is 1. The third kappa shape index (κ3) is 6.60. The topological polar surface area (TPSA) is 102 Å². The monoisotopic (exact) mass is 198 g/mol. The summed E-state index contributed by atoms with van der Waals surface area (Å²) in [6.45, 7) is 3.31. The van der Waals surface area contributed by atoms with E-state index in [2.05, 4.69) is 20.8 Å². The highest BCUT2D eigenvalue weighted by Gasteiger charge is 2.02. The molecule has 0 saturated heterocycles. The van der Waals surface area contributed by atoms with E-state index in [0.29, 0.717) is 5.71 Å². The Kier molecular flexibility index (Phi) is 5.46. The largest absolute Gasteiger partial charge is 0.490 e. The van der Waals surface area contributed by atoms with Crippen LogP contribution in [0.5, 0.6) is 0 Å². The summed E-state index contributed by atoms with van der Waals surface area (Å²) in [4.78, 5) is 13.5. The molecule has 7 nitrogen and oxygen atoms in total. The van der Waals surface area contributed by atoms with Crippen LogP contribution in [-0.2, 0) is 4.79 Å². The van der Waals surface area contributed by atoms with Gasteiger partial charge in [-0.3, -0.25) is 4.79 Å². The van der Waals surface area contributed by atoms with Gasteiger partial charge < -0.3 is 10.4 Å². The van der Waals surface area contributed by atoms with Crippen molar-refractivity contribution in [2.45, 2.75) is 13.8 Å². The van der Waals surface area contributed by atoms with Crippen molar-refractivity contribution in [3.63, 3.8) is 0 Å². The lowest BCUT2D eigenvalue weighted by Crippen LogP contribution is -2.30. The number of nitrogens with one attached hydrogen (secondary N) is 2. The molecule has 0 saturated carbocycles. The first-order valence-electron chi connectivity index (χ1n) is 3.83. The Hall–Kier alpha value is -2.10. The van der Waals surface area contributed by atoms with Crippen molar-refractivity contribution in [1.29, 1.82) is 5.39 Å². The van der Waals surface area contributed by atoms with Crippen molar-refractivity contribution in [3.05, 3.63) is 17.1 Å². The normalized spacial score (nSPS) is 9.93. The number of aliphatic hydroxyl groups is 1. The van der Waals surface area contributed by atoms with E-state index in [9.17, 15) is 4.79 Å². The first kappa shape index (κ1) is 11.9. The zero-order valence-electron chi connectivity index (χ0n) is 7.98. The first-order chi connectivity index (χ1) is 6.56. The molecule has 0 aromatic carbocycles. The highest BCUT2D eigenvalue weighted by molar-refractivity contribution is 5.83. The molecule has 1 amide bonds. The highest BCUT2D eigenvalue weighted by atomic mass is 16.3. The molecule has 0 heterocycles. The highest BCUT2D eigenvalue weighted by Crippen LogP contribution is 1.81. The van der Waals surface area contributed by atoms with E-state index < -0.39 is 11.8 Å². The molecule has 0 radical (unpaired) electrons. The number of amides is 1. The van der Waals surface area contributed by atoms with Crippen LogP contribution in [0.25, 0.3) is 4.98 Å². The van der Waals surface area contributed by atoms with Crippen molar-refractivity contribution < 1.29 is 9.90 Å². The van der Waals surface area contributed by atoms with Crippen LogP contribution in [0.15, 0.2) is 17.2 Å². The van der Waals surface area contributed by atoms with Gasteiger partial charge in [0.2, 0.25) is 5.39 Å². The first-order valence-corrected chi connectivity index (χ1v) is 3.83. The molecular weight excluding hydrogens is 186 g/mol. The minimum absolute atomic E-state index is 0.158. The van der Waals surface area contributed by atoms with E-state index in [1.807, 2.05) is 0 Å². The van der Waals surface area contributed by atoms with E-state index in [1.54, 1.807) is 13.8 Å². The van der Waals surface area contributed by atoms with Gasteiger partial charge in [0.05, 0.1) is 6.54 Å². The molecule has 0 rings (SSSR count). The molecule has 0 unspecified atom stereocenters. The number of carbonyl (C=O) groups is 1. The van der Waals surface area contributed by atoms with Gasteiger partial charge in [0.15, 0.2) is 4.98 Å². The maximum atomic E-state index is 10.9. The lowest BCUT2D eigenvalue weighted by molar-refractivity contribution is -0.120. The van der Waals surface area contributed by atoms with Crippen molar-refractivity contribution in [3.8, 4) is 0 Å². The summed E-state index contributed by atoms with van der Waals surface area (Å²) in [5.74, 6) is -0.816. The Balaban J connectivity index is 3.82. The molecular formula is C7H12N5O2+. The molecule has 0 atom stereocenters. The van der Waals surface area contributed by atoms with Crippen LogP contribution in [0.4, 0.5) is 0 Å². The summed E-state index contributed by atoms with van der Waals surface area (Å²) >= 11 is 0. The smallest absolute Gasteiger partial charge is 0.409 e. The minimum atomic E-state index is -0.413. The van der Waals surface area contributed by atoms with Gasteiger partial charge in [0, 0.05) is 5.71 Å². The van der Waals surface area contributed by atoms with E-state index in [0.717, 1.165) is 6.20 Å². The maximum absolute atomic E-state index is 10.9. The quantitative estimate of drug-likeness (QED) is 0.261. The molecule has 0 aromatic heterocycles. The molecule has 7 heteroatoms. The molecule has 0 aliphatic carbocycles. The Morgan fingerprint density at radius 1 is 1.64 bits per heavy atom. The van der Waals surface area contributed by atoms with Crippen LogP contribution < -0.4 is 10.7 Å². The Morgan fingerprint density at radius 3 is 2.79 bits per heavy atom. The summed E-state index contributed by atoms with van der Waals surface area (Å²) in [6.07, 6.45) is 0.765. The fourth-order valence-corrected chi connectivity index (χ4v) is 0.485. The van der Waals surface area contributed by atoms with E-state index >= 15 is 0 Å². The summed E-state index contributed by atoms with van der Waals surface area (Å²) in [7, 11) is 0. The van der Waals surface area contributed by atoms with Crippen LogP contribution in [0.3, 0.4) is 0 Å². The van der Waals surface area contributed by atoms with Crippen molar-refractivity contribution in [2.24, 2.45) is 5.10 Å². The predicted molar refractivity (Wildman–Crippen MR) is 50.7 cm³/mol. The number of carbonyl (C=O) groups excluding carboxylic acids is 1. The number of rotatable bonds is 4. The Labute approximate surface area is 81.1 Å². The zero-order valence-corrected chi connectivity index (χ0v) is 7.98. The van der Waals surface area contributed by atoms with Gasteiger partial charge >= 0.3 is 6.20 Å². The molecule has 14 heavy (non-hydrogen) atoms. The Bertz CT molecular complexity index is 298. The summed E-state index contributed by atoms with van der Waals surface area (Å²) in [5.41, 5.74) is 2.95. The third-order valence-corrected chi connectivity index (χ3v) is 1.01. The maximum Gasteiger partial charge on any atom is 0.409 e. The summed E-state index contributed by atoms with van der Waals surface area (Å²) in [6, 6.07) is 0. The predicted octanol–water partition coefficient (Wildman–Crippen LogP) is 0.298. The van der Waals surface area contributed by atoms with Crippen LogP contribution in [0.2, 0.25) is 0 Å².